The third-order valence-corrected chi connectivity index (χ3v) is 8.50. The van der Waals surface area contributed by atoms with Crippen molar-refractivity contribution < 1.29 is 34.8 Å². The van der Waals surface area contributed by atoms with Gasteiger partial charge in [0.15, 0.2) is 11.4 Å². The molecule has 3 aliphatic carbocycles. The molecule has 0 aliphatic heterocycles. The number of nitrogens with two attached hydrogens (primary N) is 1. The van der Waals surface area contributed by atoms with Crippen LogP contribution in [0.2, 0.25) is 0 Å². The molecule has 38 heavy (non-hydrogen) atoms. The van der Waals surface area contributed by atoms with Gasteiger partial charge in [-0.05, 0) is 69.5 Å². The number of likely N-dealkylation sites (N-methyl/N-ethyl adjacent to an activating group) is 1. The second-order valence-electron chi connectivity index (χ2n) is 11.2. The molecular formula is C29H32N2O7. The molecule has 2 aromatic rings. The fraction of sp³-hybridized carbons (Fsp3) is 0.414. The number of phenols is 1. The summed E-state index contributed by atoms with van der Waals surface area (Å²) in [6.45, 7) is 3.96. The molecule has 0 bridgehead atoms. The number of nitrogens with zero attached hydrogens (tertiary/aromatic N) is 1. The standard InChI is InChI=1S/C29H32N2O7/c1-12-7-13(2)9-14(8-12)16-5-6-19(32)21-17(16)10-15-11-18-23(31(3)4)25(34)22(28(30)37)27(36)29(18,38)26(35)20(15)24(21)33/h5-9,15,18,22-23,25,32-34,38H,10-11H2,1-4H3,(H2,30,37)/t15-,18-,22?,23-,25?,29-/m1/s1. The summed E-state index contributed by atoms with van der Waals surface area (Å²) in [5, 5.41) is 44.9. The summed E-state index contributed by atoms with van der Waals surface area (Å²) >= 11 is 0. The van der Waals surface area contributed by atoms with E-state index in [9.17, 15) is 34.8 Å². The van der Waals surface area contributed by atoms with Crippen molar-refractivity contribution in [1.82, 2.24) is 4.90 Å². The van der Waals surface area contributed by atoms with Gasteiger partial charge in [-0.15, -0.1) is 0 Å². The van der Waals surface area contributed by atoms with E-state index in [-0.39, 0.29) is 29.7 Å². The summed E-state index contributed by atoms with van der Waals surface area (Å²) in [5.74, 6) is -7.48. The van der Waals surface area contributed by atoms with Crippen molar-refractivity contribution >= 4 is 23.2 Å². The zero-order chi connectivity index (χ0) is 27.8. The predicted octanol–water partition coefficient (Wildman–Crippen LogP) is 1.41. The lowest BCUT2D eigenvalue weighted by Gasteiger charge is -2.53. The molecule has 6 N–H and O–H groups in total. The van der Waals surface area contributed by atoms with Crippen LogP contribution in [0, 0.1) is 31.6 Å². The zero-order valence-corrected chi connectivity index (χ0v) is 21.7. The predicted molar refractivity (Wildman–Crippen MR) is 139 cm³/mol. The van der Waals surface area contributed by atoms with Gasteiger partial charge in [-0.3, -0.25) is 14.4 Å². The van der Waals surface area contributed by atoms with Crippen LogP contribution in [0.1, 0.15) is 28.7 Å². The summed E-state index contributed by atoms with van der Waals surface area (Å²) in [6.07, 6.45) is -1.17. The average Bonchev–Trinajstić information content (AvgIpc) is 2.80. The molecule has 2 aromatic carbocycles. The Bertz CT molecular complexity index is 1410. The van der Waals surface area contributed by atoms with E-state index in [0.717, 1.165) is 22.3 Å². The molecule has 3 aliphatic rings. The van der Waals surface area contributed by atoms with Gasteiger partial charge in [0.1, 0.15) is 17.4 Å². The van der Waals surface area contributed by atoms with Gasteiger partial charge < -0.3 is 31.1 Å². The van der Waals surface area contributed by atoms with Crippen molar-refractivity contribution in [2.45, 2.75) is 44.4 Å². The van der Waals surface area contributed by atoms with Gasteiger partial charge in [-0.25, -0.2) is 0 Å². The van der Waals surface area contributed by atoms with Gasteiger partial charge in [-0.2, -0.15) is 0 Å². The lowest BCUT2D eigenvalue weighted by molar-refractivity contribution is -0.184. The molecule has 0 radical (unpaired) electrons. The Hall–Kier alpha value is -3.53. The van der Waals surface area contributed by atoms with E-state index in [2.05, 4.69) is 0 Å². The largest absolute Gasteiger partial charge is 0.507 e. The Kier molecular flexibility index (Phi) is 6.01. The molecule has 0 heterocycles. The summed E-state index contributed by atoms with van der Waals surface area (Å²) in [5.41, 5.74) is 7.11. The number of rotatable bonds is 3. The SMILES string of the molecule is Cc1cc(C)cc(-c2ccc(O)c3c2C[C@@H]2C[C@@H]4[C@@H](N(C)C)C(O)C(C(N)=O)C(=O)[C@]4(O)C(=O)C2=C3O)c1. The van der Waals surface area contributed by atoms with E-state index in [0.29, 0.717) is 5.56 Å². The van der Waals surface area contributed by atoms with E-state index in [1.807, 2.05) is 32.0 Å². The molecule has 0 spiro atoms. The van der Waals surface area contributed by atoms with Crippen molar-refractivity contribution in [3.05, 3.63) is 58.2 Å². The van der Waals surface area contributed by atoms with E-state index in [1.165, 1.54) is 6.07 Å². The lowest BCUT2D eigenvalue weighted by Crippen LogP contribution is -2.73. The number of amides is 1. The first kappa shape index (κ1) is 26.1. The highest BCUT2D eigenvalue weighted by atomic mass is 16.3. The molecule has 6 atom stereocenters. The number of aryl methyl sites for hydroxylation is 2. The summed E-state index contributed by atoms with van der Waals surface area (Å²) < 4.78 is 0. The lowest BCUT2D eigenvalue weighted by atomic mass is 9.54. The van der Waals surface area contributed by atoms with Crippen molar-refractivity contribution in [2.24, 2.45) is 23.5 Å². The van der Waals surface area contributed by atoms with Crippen LogP contribution >= 0.6 is 0 Å². The number of aromatic hydroxyl groups is 1. The summed E-state index contributed by atoms with van der Waals surface area (Å²) in [4.78, 5) is 41.1. The Morgan fingerprint density at radius 2 is 1.71 bits per heavy atom. The molecule has 200 valence electrons. The van der Waals surface area contributed by atoms with Crippen LogP contribution in [0.5, 0.6) is 5.75 Å². The van der Waals surface area contributed by atoms with Gasteiger partial charge in [0, 0.05) is 17.5 Å². The van der Waals surface area contributed by atoms with E-state index < -0.39 is 58.7 Å². The fourth-order valence-corrected chi connectivity index (χ4v) is 7.01. The minimum atomic E-state index is -2.66. The molecule has 0 aromatic heterocycles. The number of ketones is 2. The number of hydrogen-bond donors (Lipinski definition) is 5. The first-order chi connectivity index (χ1) is 17.8. The fourth-order valence-electron chi connectivity index (χ4n) is 7.01. The summed E-state index contributed by atoms with van der Waals surface area (Å²) in [7, 11) is 3.25. The molecule has 2 unspecified atom stereocenters. The second kappa shape index (κ2) is 8.76. The zero-order valence-electron chi connectivity index (χ0n) is 21.7. The highest BCUT2D eigenvalue weighted by molar-refractivity contribution is 6.25. The maximum Gasteiger partial charge on any atom is 0.230 e. The van der Waals surface area contributed by atoms with Crippen molar-refractivity contribution in [3.8, 4) is 16.9 Å². The number of Topliss-reactive ketones (excluding diaryl/α,β-unsaturated/α-hetero) is 2. The number of carbonyl (C=O) groups is 3. The van der Waals surface area contributed by atoms with Gasteiger partial charge in [0.25, 0.3) is 0 Å². The Balaban J connectivity index is 1.71. The number of primary amides is 1. The minimum absolute atomic E-state index is 0.0835. The number of fused-ring (bicyclic) bond motifs is 3. The quantitative estimate of drug-likeness (QED) is 0.380. The molecule has 9 nitrogen and oxygen atoms in total. The first-order valence-corrected chi connectivity index (χ1v) is 12.6. The third kappa shape index (κ3) is 3.53. The number of hydrogen-bond acceptors (Lipinski definition) is 8. The number of aliphatic hydroxyl groups is 3. The number of phenolic OH excluding ortho intramolecular Hbond substituents is 1. The van der Waals surface area contributed by atoms with Crippen LogP contribution in [0.25, 0.3) is 16.9 Å². The highest BCUT2D eigenvalue weighted by Gasteiger charge is 2.67. The number of aliphatic hydroxyl groups excluding tert-OH is 2. The average molecular weight is 521 g/mol. The van der Waals surface area contributed by atoms with Crippen molar-refractivity contribution in [1.29, 1.82) is 0 Å². The van der Waals surface area contributed by atoms with Crippen LogP contribution in [0.4, 0.5) is 0 Å². The molecule has 5 rings (SSSR count). The van der Waals surface area contributed by atoms with Crippen molar-refractivity contribution in [2.75, 3.05) is 14.1 Å². The number of benzene rings is 2. The van der Waals surface area contributed by atoms with Gasteiger partial charge in [0.2, 0.25) is 11.7 Å². The van der Waals surface area contributed by atoms with Gasteiger partial charge >= 0.3 is 0 Å². The van der Waals surface area contributed by atoms with Crippen LogP contribution in [-0.4, -0.2) is 74.6 Å². The Morgan fingerprint density at radius 1 is 1.08 bits per heavy atom. The monoisotopic (exact) mass is 520 g/mol. The molecule has 2 fully saturated rings. The highest BCUT2D eigenvalue weighted by Crippen LogP contribution is 2.53. The van der Waals surface area contributed by atoms with Crippen LogP contribution < -0.4 is 5.73 Å². The van der Waals surface area contributed by atoms with E-state index >= 15 is 0 Å². The van der Waals surface area contributed by atoms with E-state index in [1.54, 1.807) is 25.1 Å². The molecule has 9 heteroatoms. The normalized spacial score (nSPS) is 30.7. The second-order valence-corrected chi connectivity index (χ2v) is 11.2. The van der Waals surface area contributed by atoms with Gasteiger partial charge in [-0.1, -0.05) is 35.4 Å². The Labute approximate surface area is 220 Å². The van der Waals surface area contributed by atoms with Crippen molar-refractivity contribution in [3.63, 3.8) is 0 Å². The smallest absolute Gasteiger partial charge is 0.230 e. The maximum atomic E-state index is 13.9. The summed E-state index contributed by atoms with van der Waals surface area (Å²) in [6, 6.07) is 8.34. The van der Waals surface area contributed by atoms with Gasteiger partial charge in [0.05, 0.1) is 11.7 Å². The third-order valence-electron chi connectivity index (χ3n) is 8.50. The van der Waals surface area contributed by atoms with E-state index in [4.69, 9.17) is 5.73 Å². The molecular weight excluding hydrogens is 488 g/mol. The van der Waals surface area contributed by atoms with Crippen LogP contribution in [-0.2, 0) is 20.8 Å². The molecule has 0 saturated heterocycles. The topological polar surface area (TPSA) is 161 Å². The first-order valence-electron chi connectivity index (χ1n) is 12.6. The van der Waals surface area contributed by atoms with Crippen LogP contribution in [0.15, 0.2) is 35.9 Å². The molecule has 1 amide bonds. The number of carbonyl (C=O) groups excluding carboxylic acids is 3. The maximum absolute atomic E-state index is 13.9. The van der Waals surface area contributed by atoms with Crippen LogP contribution in [0.3, 0.4) is 0 Å². The Morgan fingerprint density at radius 3 is 2.29 bits per heavy atom. The molecule has 2 saturated carbocycles. The minimum Gasteiger partial charge on any atom is -0.507 e.